The van der Waals surface area contributed by atoms with Crippen molar-refractivity contribution in [2.45, 2.75) is 18.8 Å². The Bertz CT molecular complexity index is 895. The van der Waals surface area contributed by atoms with E-state index in [1.807, 2.05) is 30.3 Å². The zero-order valence-electron chi connectivity index (χ0n) is 14.9. The number of ether oxygens (including phenoxy) is 1. The van der Waals surface area contributed by atoms with Crippen LogP contribution in [0.3, 0.4) is 0 Å². The van der Waals surface area contributed by atoms with Crippen LogP contribution in [0, 0.1) is 0 Å². The summed E-state index contributed by atoms with van der Waals surface area (Å²) in [5.74, 6) is 0.727. The van der Waals surface area contributed by atoms with Crippen LogP contribution in [0.5, 0.6) is 0 Å². The summed E-state index contributed by atoms with van der Waals surface area (Å²) in [6, 6.07) is 19.5. The average molecular weight is 402 g/mol. The number of alkyl carbamates (subject to hydrolysis) is 1. The molecule has 0 saturated heterocycles. The Labute approximate surface area is 167 Å². The minimum atomic E-state index is -1.30. The molecule has 7 heteroatoms. The first-order chi connectivity index (χ1) is 13.5. The third-order valence-electron chi connectivity index (χ3n) is 4.08. The summed E-state index contributed by atoms with van der Waals surface area (Å²) in [6.45, 7) is -0.0697. The summed E-state index contributed by atoms with van der Waals surface area (Å²) in [5.41, 5.74) is 1.64. The van der Waals surface area contributed by atoms with Crippen molar-refractivity contribution in [2.24, 2.45) is 0 Å². The molecule has 0 bridgehead atoms. The van der Waals surface area contributed by atoms with E-state index in [1.54, 1.807) is 36.4 Å². The molecule has 1 aromatic heterocycles. The Hall–Kier alpha value is -2.80. The van der Waals surface area contributed by atoms with Gasteiger partial charge in [0.1, 0.15) is 30.3 Å². The van der Waals surface area contributed by atoms with Gasteiger partial charge in [-0.3, -0.25) is 0 Å². The molecule has 28 heavy (non-hydrogen) atoms. The molecule has 2 unspecified atom stereocenters. The molecule has 0 fully saturated rings. The fourth-order valence-electron chi connectivity index (χ4n) is 2.54. The number of benzene rings is 2. The number of nitrogens with one attached hydrogen (secondary N) is 1. The van der Waals surface area contributed by atoms with E-state index in [2.05, 4.69) is 5.32 Å². The molecule has 1 heterocycles. The van der Waals surface area contributed by atoms with Gasteiger partial charge >= 0.3 is 6.09 Å². The molecular formula is C21H20ClNO5. The van der Waals surface area contributed by atoms with Crippen LogP contribution in [0.15, 0.2) is 71.1 Å². The number of halogens is 1. The van der Waals surface area contributed by atoms with Crippen molar-refractivity contribution in [3.05, 3.63) is 83.1 Å². The molecule has 3 aromatic rings. The lowest BCUT2D eigenvalue weighted by molar-refractivity contribution is 0.00631. The first-order valence-corrected chi connectivity index (χ1v) is 9.07. The summed E-state index contributed by atoms with van der Waals surface area (Å²) >= 11 is 5.87. The Balaban J connectivity index is 1.49. The molecular weight excluding hydrogens is 382 g/mol. The zero-order valence-corrected chi connectivity index (χ0v) is 15.7. The van der Waals surface area contributed by atoms with E-state index in [9.17, 15) is 15.0 Å². The summed E-state index contributed by atoms with van der Waals surface area (Å²) in [7, 11) is 0. The average Bonchev–Trinajstić information content (AvgIpc) is 3.21. The van der Waals surface area contributed by atoms with E-state index in [-0.39, 0.29) is 18.9 Å². The van der Waals surface area contributed by atoms with Crippen molar-refractivity contribution in [1.29, 1.82) is 0 Å². The molecule has 0 saturated carbocycles. The maximum atomic E-state index is 11.7. The number of carbonyl (C=O) groups is 1. The number of hydrogen-bond donors (Lipinski definition) is 3. The lowest BCUT2D eigenvalue weighted by Gasteiger charge is -2.16. The highest BCUT2D eigenvalue weighted by Crippen LogP contribution is 2.27. The van der Waals surface area contributed by atoms with Gasteiger partial charge in [0, 0.05) is 17.1 Å². The second-order valence-electron chi connectivity index (χ2n) is 6.16. The number of aliphatic hydroxyl groups is 2. The molecule has 2 atom stereocenters. The number of rotatable bonds is 7. The minimum absolute atomic E-state index is 0.119. The topological polar surface area (TPSA) is 91.9 Å². The van der Waals surface area contributed by atoms with E-state index >= 15 is 0 Å². The molecule has 0 aliphatic carbocycles. The monoisotopic (exact) mass is 401 g/mol. The van der Waals surface area contributed by atoms with Crippen molar-refractivity contribution in [1.82, 2.24) is 5.32 Å². The number of aliphatic hydroxyl groups excluding tert-OH is 2. The first-order valence-electron chi connectivity index (χ1n) is 8.69. The summed E-state index contributed by atoms with van der Waals surface area (Å²) in [4.78, 5) is 11.7. The fourth-order valence-corrected chi connectivity index (χ4v) is 2.67. The summed E-state index contributed by atoms with van der Waals surface area (Å²) in [6.07, 6.45) is -3.24. The standard InChI is InChI=1S/C21H20ClNO5/c22-16-8-6-15(7-9-16)18-10-11-19(28-18)20(25)17(24)12-23-21(26)27-13-14-4-2-1-3-5-14/h1-11,17,20,24-25H,12-13H2,(H,23,26). The van der Waals surface area contributed by atoms with Gasteiger partial charge in [0.2, 0.25) is 0 Å². The van der Waals surface area contributed by atoms with Crippen molar-refractivity contribution >= 4 is 17.7 Å². The van der Waals surface area contributed by atoms with Gasteiger partial charge in [-0.15, -0.1) is 0 Å². The molecule has 3 N–H and O–H groups in total. The lowest BCUT2D eigenvalue weighted by Crippen LogP contribution is -2.35. The first kappa shape index (κ1) is 19.9. The van der Waals surface area contributed by atoms with Crippen LogP contribution in [0.25, 0.3) is 11.3 Å². The van der Waals surface area contributed by atoms with Crippen LogP contribution < -0.4 is 5.32 Å². The van der Waals surface area contributed by atoms with Crippen LogP contribution in [-0.4, -0.2) is 29.0 Å². The number of carbonyl (C=O) groups excluding carboxylic acids is 1. The van der Waals surface area contributed by atoms with Gasteiger partial charge < -0.3 is 24.7 Å². The number of hydrogen-bond acceptors (Lipinski definition) is 5. The molecule has 0 spiro atoms. The molecule has 0 radical (unpaired) electrons. The van der Waals surface area contributed by atoms with Gasteiger partial charge in [-0.1, -0.05) is 41.9 Å². The van der Waals surface area contributed by atoms with Gasteiger partial charge in [0.25, 0.3) is 0 Å². The van der Waals surface area contributed by atoms with E-state index in [4.69, 9.17) is 20.8 Å². The van der Waals surface area contributed by atoms with Gasteiger partial charge in [0.15, 0.2) is 0 Å². The van der Waals surface area contributed by atoms with E-state index < -0.39 is 18.3 Å². The van der Waals surface area contributed by atoms with Crippen LogP contribution >= 0.6 is 11.6 Å². The molecule has 1 amide bonds. The third-order valence-corrected chi connectivity index (χ3v) is 4.33. The fraction of sp³-hybridized carbons (Fsp3) is 0.190. The summed E-state index contributed by atoms with van der Waals surface area (Å²) < 4.78 is 10.7. The number of furan rings is 1. The van der Waals surface area contributed by atoms with Crippen molar-refractivity contribution in [2.75, 3.05) is 6.54 Å². The quantitative estimate of drug-likeness (QED) is 0.558. The normalized spacial score (nSPS) is 13.0. The van der Waals surface area contributed by atoms with Crippen LogP contribution in [0.4, 0.5) is 4.79 Å². The predicted octanol–water partition coefficient (Wildman–Crippen LogP) is 3.92. The zero-order chi connectivity index (χ0) is 19.9. The second kappa shape index (κ2) is 9.41. The van der Waals surface area contributed by atoms with Crippen LogP contribution in [0.2, 0.25) is 5.02 Å². The molecule has 3 rings (SSSR count). The smallest absolute Gasteiger partial charge is 0.407 e. The maximum absolute atomic E-state index is 11.7. The molecule has 0 aliphatic heterocycles. The van der Waals surface area contributed by atoms with Crippen molar-refractivity contribution in [3.8, 4) is 11.3 Å². The largest absolute Gasteiger partial charge is 0.458 e. The molecule has 146 valence electrons. The van der Waals surface area contributed by atoms with Gasteiger partial charge in [-0.2, -0.15) is 0 Å². The Morgan fingerprint density at radius 3 is 2.46 bits per heavy atom. The van der Waals surface area contributed by atoms with Crippen molar-refractivity contribution in [3.63, 3.8) is 0 Å². The Morgan fingerprint density at radius 2 is 1.75 bits per heavy atom. The molecule has 6 nitrogen and oxygen atoms in total. The summed E-state index contributed by atoms with van der Waals surface area (Å²) in [5, 5.41) is 23.4. The van der Waals surface area contributed by atoms with Gasteiger partial charge in [0.05, 0.1) is 0 Å². The minimum Gasteiger partial charge on any atom is -0.458 e. The van der Waals surface area contributed by atoms with Gasteiger partial charge in [-0.25, -0.2) is 4.79 Å². The Kier molecular flexibility index (Phi) is 6.71. The second-order valence-corrected chi connectivity index (χ2v) is 6.60. The predicted molar refractivity (Wildman–Crippen MR) is 105 cm³/mol. The molecule has 2 aromatic carbocycles. The van der Waals surface area contributed by atoms with E-state index in [0.717, 1.165) is 11.1 Å². The van der Waals surface area contributed by atoms with Crippen LogP contribution in [-0.2, 0) is 11.3 Å². The Morgan fingerprint density at radius 1 is 1.04 bits per heavy atom. The highest BCUT2D eigenvalue weighted by molar-refractivity contribution is 6.30. The number of amides is 1. The maximum Gasteiger partial charge on any atom is 0.407 e. The van der Waals surface area contributed by atoms with Crippen LogP contribution in [0.1, 0.15) is 17.4 Å². The SMILES string of the molecule is O=C(NCC(O)C(O)c1ccc(-c2ccc(Cl)cc2)o1)OCc1ccccc1. The lowest BCUT2D eigenvalue weighted by atomic mass is 10.1. The van der Waals surface area contributed by atoms with Gasteiger partial charge in [-0.05, 0) is 42.0 Å². The highest BCUT2D eigenvalue weighted by Gasteiger charge is 2.23. The third kappa shape index (κ3) is 5.36. The van der Waals surface area contributed by atoms with E-state index in [0.29, 0.717) is 10.8 Å². The molecule has 0 aliphatic rings. The van der Waals surface area contributed by atoms with Crippen molar-refractivity contribution < 1.29 is 24.2 Å². The highest BCUT2D eigenvalue weighted by atomic mass is 35.5. The van der Waals surface area contributed by atoms with E-state index in [1.165, 1.54) is 0 Å².